The van der Waals surface area contributed by atoms with Crippen LogP contribution >= 0.6 is 11.3 Å². The van der Waals surface area contributed by atoms with Gasteiger partial charge in [0.25, 0.3) is 0 Å². The third kappa shape index (κ3) is 4.48. The molecule has 3 heteroatoms. The van der Waals surface area contributed by atoms with E-state index in [0.717, 1.165) is 25.7 Å². The number of benzene rings is 6. The molecule has 3 heterocycles. The molecule has 0 amide bonds. The van der Waals surface area contributed by atoms with E-state index in [0.29, 0.717) is 0 Å². The van der Waals surface area contributed by atoms with Gasteiger partial charge in [-0.05, 0) is 103 Å². The van der Waals surface area contributed by atoms with E-state index in [2.05, 4.69) is 167 Å². The van der Waals surface area contributed by atoms with Crippen molar-refractivity contribution in [1.29, 1.82) is 0 Å². The van der Waals surface area contributed by atoms with Gasteiger partial charge in [-0.15, -0.1) is 11.3 Å². The molecule has 51 heavy (non-hydrogen) atoms. The number of rotatable bonds is 5. The molecule has 3 aromatic heterocycles. The minimum atomic E-state index is 1.00. The Kier molecular flexibility index (Phi) is 6.41. The fourth-order valence-corrected chi connectivity index (χ4v) is 9.84. The standard InChI is InChI=1S/C48H34N2S/c1-2-9-31(10-3-1)32-17-22-35(23-18-32)49(37-26-27-40-39-12-5-7-16-46(39)51-47(40)30-37)36-24-19-33(20-25-36)34-21-28-45-43(29-34)42-14-8-13-41-38-11-4-6-15-44(38)50(45)48(41)42/h1-2,4-9,11-17,19-22,24-30H,3,10,18,23H2. The maximum absolute atomic E-state index is 2.48. The third-order valence-electron chi connectivity index (χ3n) is 11.1. The van der Waals surface area contributed by atoms with Crippen molar-refractivity contribution in [2.45, 2.75) is 25.7 Å². The molecule has 0 saturated carbocycles. The lowest BCUT2D eigenvalue weighted by atomic mass is 9.90. The first-order valence-electron chi connectivity index (χ1n) is 18.0. The van der Waals surface area contributed by atoms with Gasteiger partial charge in [0, 0.05) is 58.8 Å². The van der Waals surface area contributed by atoms with Gasteiger partial charge in [-0.1, -0.05) is 103 Å². The summed E-state index contributed by atoms with van der Waals surface area (Å²) < 4.78 is 5.12. The zero-order valence-corrected chi connectivity index (χ0v) is 29.0. The Morgan fingerprint density at radius 3 is 2.06 bits per heavy atom. The number of thiophene rings is 1. The summed E-state index contributed by atoms with van der Waals surface area (Å²) in [7, 11) is 0. The van der Waals surface area contributed by atoms with Crippen LogP contribution in [0.25, 0.3) is 69.4 Å². The lowest BCUT2D eigenvalue weighted by Crippen LogP contribution is -2.18. The average Bonchev–Trinajstić information content (AvgIpc) is 3.86. The van der Waals surface area contributed by atoms with Crippen LogP contribution in [0, 0.1) is 0 Å². The van der Waals surface area contributed by atoms with E-state index in [9.17, 15) is 0 Å². The summed E-state index contributed by atoms with van der Waals surface area (Å²) in [5.74, 6) is 0. The first-order chi connectivity index (χ1) is 25.3. The fourth-order valence-electron chi connectivity index (χ4n) is 8.70. The largest absolute Gasteiger partial charge is 0.314 e. The van der Waals surface area contributed by atoms with Gasteiger partial charge in [0.1, 0.15) is 0 Å². The summed E-state index contributed by atoms with van der Waals surface area (Å²) in [4.78, 5) is 2.48. The van der Waals surface area contributed by atoms with Gasteiger partial charge in [-0.3, -0.25) is 0 Å². The van der Waals surface area contributed by atoms with Gasteiger partial charge in [-0.25, -0.2) is 0 Å². The molecule has 0 atom stereocenters. The predicted molar refractivity (Wildman–Crippen MR) is 220 cm³/mol. The van der Waals surface area contributed by atoms with Crippen LogP contribution in [-0.2, 0) is 0 Å². The molecular formula is C48H34N2S. The second-order valence-corrected chi connectivity index (χ2v) is 15.0. The highest BCUT2D eigenvalue weighted by atomic mass is 32.1. The number of hydrogen-bond donors (Lipinski definition) is 0. The third-order valence-corrected chi connectivity index (χ3v) is 12.3. The Hall–Kier alpha value is -5.90. The van der Waals surface area contributed by atoms with Gasteiger partial charge in [0.2, 0.25) is 0 Å². The van der Waals surface area contributed by atoms with Gasteiger partial charge in [0.05, 0.1) is 16.6 Å². The molecule has 0 N–H and O–H groups in total. The summed E-state index contributed by atoms with van der Waals surface area (Å²) >= 11 is 1.88. The molecule has 0 spiro atoms. The zero-order valence-electron chi connectivity index (χ0n) is 28.1. The van der Waals surface area contributed by atoms with Crippen molar-refractivity contribution in [3.63, 3.8) is 0 Å². The van der Waals surface area contributed by atoms with E-state index < -0.39 is 0 Å². The maximum atomic E-state index is 2.48. The molecule has 0 radical (unpaired) electrons. The zero-order chi connectivity index (χ0) is 33.5. The monoisotopic (exact) mass is 670 g/mol. The molecular weight excluding hydrogens is 637 g/mol. The van der Waals surface area contributed by atoms with E-state index in [1.807, 2.05) is 11.3 Å². The van der Waals surface area contributed by atoms with Gasteiger partial charge in [0.15, 0.2) is 0 Å². The summed E-state index contributed by atoms with van der Waals surface area (Å²) in [5.41, 5.74) is 13.0. The first kappa shape index (κ1) is 28.9. The van der Waals surface area contributed by atoms with Crippen LogP contribution in [0.3, 0.4) is 0 Å². The Labute approximate surface area is 300 Å². The molecule has 9 aromatic rings. The number of hydrogen-bond acceptors (Lipinski definition) is 2. The number of anilines is 2. The average molecular weight is 671 g/mol. The van der Waals surface area contributed by atoms with Crippen molar-refractivity contribution in [3.8, 4) is 11.1 Å². The van der Waals surface area contributed by atoms with Crippen LogP contribution < -0.4 is 4.90 Å². The molecule has 6 aromatic carbocycles. The highest BCUT2D eigenvalue weighted by Gasteiger charge is 2.21. The fraction of sp³-hybridized carbons (Fsp3) is 0.0833. The van der Waals surface area contributed by atoms with Crippen LogP contribution in [0.2, 0.25) is 0 Å². The van der Waals surface area contributed by atoms with Crippen molar-refractivity contribution in [1.82, 2.24) is 4.40 Å². The second kappa shape index (κ2) is 11.3. The lowest BCUT2D eigenvalue weighted by Gasteiger charge is -2.30. The van der Waals surface area contributed by atoms with Crippen molar-refractivity contribution in [3.05, 3.63) is 175 Å². The normalized spacial score (nSPS) is 15.0. The van der Waals surface area contributed by atoms with Crippen LogP contribution in [0.1, 0.15) is 25.7 Å². The van der Waals surface area contributed by atoms with Crippen LogP contribution in [-0.4, -0.2) is 4.40 Å². The second-order valence-electron chi connectivity index (χ2n) is 14.0. The van der Waals surface area contributed by atoms with Crippen molar-refractivity contribution in [2.75, 3.05) is 4.90 Å². The topological polar surface area (TPSA) is 7.65 Å². The van der Waals surface area contributed by atoms with Crippen LogP contribution in [0.5, 0.6) is 0 Å². The number of allylic oxidation sites excluding steroid dienone is 8. The SMILES string of the molecule is C1=CCCC(C2=CC=C(N(c3ccc(-c4ccc5c(c4)c4cccc6c7ccccc7n5c64)cc3)c3ccc4c(c3)sc3ccccc34)CC2)=C1. The molecule has 11 rings (SSSR count). The highest BCUT2D eigenvalue weighted by Crippen LogP contribution is 2.43. The highest BCUT2D eigenvalue weighted by molar-refractivity contribution is 7.25. The van der Waals surface area contributed by atoms with Crippen molar-refractivity contribution < 1.29 is 0 Å². The van der Waals surface area contributed by atoms with Gasteiger partial charge in [-0.2, -0.15) is 0 Å². The minimum Gasteiger partial charge on any atom is -0.314 e. The molecule has 0 aliphatic heterocycles. The van der Waals surface area contributed by atoms with Gasteiger partial charge >= 0.3 is 0 Å². The summed E-state index contributed by atoms with van der Waals surface area (Å²) in [6.45, 7) is 0. The molecule has 2 nitrogen and oxygen atoms in total. The van der Waals surface area contributed by atoms with Crippen LogP contribution in [0.4, 0.5) is 11.4 Å². The number of fused-ring (bicyclic) bond motifs is 9. The first-order valence-corrected chi connectivity index (χ1v) is 18.8. The summed E-state index contributed by atoms with van der Waals surface area (Å²) in [5, 5.41) is 7.94. The Morgan fingerprint density at radius 2 is 1.22 bits per heavy atom. The summed E-state index contributed by atoms with van der Waals surface area (Å²) in [6, 6.07) is 47.5. The van der Waals surface area contributed by atoms with E-state index in [4.69, 9.17) is 0 Å². The van der Waals surface area contributed by atoms with E-state index in [1.54, 1.807) is 0 Å². The minimum absolute atomic E-state index is 1.00. The van der Waals surface area contributed by atoms with Crippen LogP contribution in [0.15, 0.2) is 175 Å². The quantitative estimate of drug-likeness (QED) is 0.177. The van der Waals surface area contributed by atoms with E-state index in [1.165, 1.54) is 97.6 Å². The van der Waals surface area contributed by atoms with Crippen molar-refractivity contribution >= 4 is 81.0 Å². The Bertz CT molecular complexity index is 2960. The molecule has 0 unspecified atom stereocenters. The number of nitrogens with zero attached hydrogens (tertiary/aromatic N) is 2. The lowest BCUT2D eigenvalue weighted by molar-refractivity contribution is 0.851. The molecule has 242 valence electrons. The molecule has 0 bridgehead atoms. The Balaban J connectivity index is 1.01. The molecule has 2 aliphatic rings. The number of aromatic nitrogens is 1. The molecule has 2 aliphatic carbocycles. The predicted octanol–water partition coefficient (Wildman–Crippen LogP) is 13.9. The van der Waals surface area contributed by atoms with Gasteiger partial charge < -0.3 is 9.30 Å². The number of para-hydroxylation sites is 2. The van der Waals surface area contributed by atoms with Crippen molar-refractivity contribution in [2.24, 2.45) is 0 Å². The molecule has 0 fully saturated rings. The molecule has 0 saturated heterocycles. The van der Waals surface area contributed by atoms with E-state index >= 15 is 0 Å². The summed E-state index contributed by atoms with van der Waals surface area (Å²) in [6.07, 6.45) is 15.9. The maximum Gasteiger partial charge on any atom is 0.0620 e. The smallest absolute Gasteiger partial charge is 0.0620 e. The Morgan fingerprint density at radius 1 is 0.490 bits per heavy atom. The van der Waals surface area contributed by atoms with E-state index in [-0.39, 0.29) is 0 Å².